The standard InChI is InChI=1S/C23H29N5O7S2/c1-33-19-18(21(29)34-2)13-36-22(19)37(31,32)26-15-7-9-27(10-8-15)11-17-12-28(23(30)35-17)16-5-3-14(4-6-16)20(24)25/h3-6,13,15,17,26H,7-12H2,1-2H3,(H3,24,25). The van der Waals surface area contributed by atoms with Gasteiger partial charge in [0.2, 0.25) is 0 Å². The summed E-state index contributed by atoms with van der Waals surface area (Å²) in [5, 5.41) is 8.89. The number of sulfonamides is 1. The maximum Gasteiger partial charge on any atom is 0.414 e. The van der Waals surface area contributed by atoms with Crippen molar-refractivity contribution in [2.24, 2.45) is 5.73 Å². The monoisotopic (exact) mass is 551 g/mol. The van der Waals surface area contributed by atoms with Gasteiger partial charge in [-0.25, -0.2) is 22.7 Å². The van der Waals surface area contributed by atoms with Gasteiger partial charge in [0.1, 0.15) is 17.5 Å². The molecule has 3 heterocycles. The lowest BCUT2D eigenvalue weighted by Gasteiger charge is -2.33. The Bertz CT molecular complexity index is 1270. The number of carbonyl (C=O) groups is 2. The Morgan fingerprint density at radius 2 is 1.92 bits per heavy atom. The van der Waals surface area contributed by atoms with Gasteiger partial charge < -0.3 is 19.9 Å². The van der Waals surface area contributed by atoms with Crippen LogP contribution in [0.3, 0.4) is 0 Å². The van der Waals surface area contributed by atoms with Crippen molar-refractivity contribution in [2.45, 2.75) is 29.2 Å². The molecule has 2 fully saturated rings. The van der Waals surface area contributed by atoms with Crippen LogP contribution in [0, 0.1) is 5.41 Å². The van der Waals surface area contributed by atoms with Gasteiger partial charge in [-0.1, -0.05) is 0 Å². The van der Waals surface area contributed by atoms with Crippen LogP contribution in [0.5, 0.6) is 5.75 Å². The summed E-state index contributed by atoms with van der Waals surface area (Å²) < 4.78 is 44.1. The van der Waals surface area contributed by atoms with Crippen LogP contribution in [-0.2, 0) is 19.5 Å². The number of esters is 1. The quantitative estimate of drug-likeness (QED) is 0.238. The molecule has 2 saturated heterocycles. The molecule has 2 aromatic rings. The smallest absolute Gasteiger partial charge is 0.414 e. The lowest BCUT2D eigenvalue weighted by molar-refractivity contribution is 0.0597. The number of methoxy groups -OCH3 is 2. The van der Waals surface area contributed by atoms with E-state index in [9.17, 15) is 18.0 Å². The van der Waals surface area contributed by atoms with Gasteiger partial charge in [0.15, 0.2) is 9.96 Å². The molecule has 0 radical (unpaired) electrons. The molecule has 37 heavy (non-hydrogen) atoms. The van der Waals surface area contributed by atoms with E-state index in [1.165, 1.54) is 19.6 Å². The fraction of sp³-hybridized carbons (Fsp3) is 0.435. The first kappa shape index (κ1) is 26.9. The molecule has 2 aliphatic rings. The number of nitrogens with two attached hydrogens (primary N) is 1. The predicted octanol–water partition coefficient (Wildman–Crippen LogP) is 1.60. The summed E-state index contributed by atoms with van der Waals surface area (Å²) in [5.74, 6) is -0.730. The summed E-state index contributed by atoms with van der Waals surface area (Å²) in [6, 6.07) is 6.55. The Morgan fingerprint density at radius 3 is 2.51 bits per heavy atom. The molecule has 4 rings (SSSR count). The van der Waals surface area contributed by atoms with E-state index >= 15 is 0 Å². The van der Waals surface area contributed by atoms with Crippen molar-refractivity contribution in [1.29, 1.82) is 5.41 Å². The van der Waals surface area contributed by atoms with Gasteiger partial charge >= 0.3 is 12.1 Å². The highest BCUT2D eigenvalue weighted by atomic mass is 32.2. The Hall–Kier alpha value is -3.20. The highest BCUT2D eigenvalue weighted by molar-refractivity contribution is 7.91. The number of thiophene rings is 1. The van der Waals surface area contributed by atoms with Gasteiger partial charge in [-0.3, -0.25) is 15.2 Å². The van der Waals surface area contributed by atoms with E-state index in [0.717, 1.165) is 11.3 Å². The van der Waals surface area contributed by atoms with Gasteiger partial charge in [0.05, 0.1) is 20.8 Å². The third kappa shape index (κ3) is 5.87. The zero-order valence-electron chi connectivity index (χ0n) is 20.4. The number of amidine groups is 1. The van der Waals surface area contributed by atoms with E-state index < -0.39 is 22.1 Å². The summed E-state index contributed by atoms with van der Waals surface area (Å²) in [7, 11) is -1.37. The molecule has 0 aliphatic carbocycles. The number of carbonyl (C=O) groups excluding carboxylic acids is 2. The molecule has 12 nitrogen and oxygen atoms in total. The maximum atomic E-state index is 13.0. The third-order valence-corrected chi connectivity index (χ3v) is 9.32. The van der Waals surface area contributed by atoms with Crippen molar-refractivity contribution < 1.29 is 32.2 Å². The minimum atomic E-state index is -3.90. The molecule has 4 N–H and O–H groups in total. The zero-order valence-corrected chi connectivity index (χ0v) is 22.1. The maximum absolute atomic E-state index is 13.0. The summed E-state index contributed by atoms with van der Waals surface area (Å²) in [4.78, 5) is 28.0. The van der Waals surface area contributed by atoms with Crippen molar-refractivity contribution in [3.8, 4) is 5.75 Å². The molecule has 1 amide bonds. The average Bonchev–Trinajstić information content (AvgIpc) is 3.48. The number of hydrogen-bond acceptors (Lipinski definition) is 10. The number of piperidine rings is 1. The first-order valence-corrected chi connectivity index (χ1v) is 13.9. The average molecular weight is 552 g/mol. The lowest BCUT2D eigenvalue weighted by Crippen LogP contribution is -2.46. The van der Waals surface area contributed by atoms with Gasteiger partial charge in [0.25, 0.3) is 10.0 Å². The van der Waals surface area contributed by atoms with Crippen molar-refractivity contribution >= 4 is 44.9 Å². The molecule has 1 aromatic heterocycles. The number of benzene rings is 1. The van der Waals surface area contributed by atoms with Crippen molar-refractivity contribution in [2.75, 3.05) is 45.3 Å². The van der Waals surface area contributed by atoms with Crippen LogP contribution in [0.15, 0.2) is 33.9 Å². The van der Waals surface area contributed by atoms with Gasteiger partial charge in [-0.15, -0.1) is 11.3 Å². The summed E-state index contributed by atoms with van der Waals surface area (Å²) in [5.41, 5.74) is 6.80. The molecular weight excluding hydrogens is 522 g/mol. The number of cyclic esters (lactones) is 1. The van der Waals surface area contributed by atoms with Crippen LogP contribution >= 0.6 is 11.3 Å². The Kier molecular flexibility index (Phi) is 8.02. The van der Waals surface area contributed by atoms with Crippen LogP contribution in [0.1, 0.15) is 28.8 Å². The molecule has 1 aromatic carbocycles. The number of hydrogen-bond donors (Lipinski definition) is 3. The normalized spacial score (nSPS) is 19.0. The molecule has 0 saturated carbocycles. The van der Waals surface area contributed by atoms with Gasteiger partial charge in [-0.2, -0.15) is 0 Å². The fourth-order valence-electron chi connectivity index (χ4n) is 4.40. The van der Waals surface area contributed by atoms with E-state index in [1.54, 1.807) is 29.2 Å². The van der Waals surface area contributed by atoms with Crippen LogP contribution in [0.25, 0.3) is 0 Å². The predicted molar refractivity (Wildman–Crippen MR) is 137 cm³/mol. The van der Waals surface area contributed by atoms with Gasteiger partial charge in [-0.05, 0) is 50.2 Å². The topological polar surface area (TPSA) is 164 Å². The number of likely N-dealkylation sites (tertiary alicyclic amines) is 1. The summed E-state index contributed by atoms with van der Waals surface area (Å²) in [6.45, 7) is 2.19. The van der Waals surface area contributed by atoms with Crippen LogP contribution in [0.2, 0.25) is 0 Å². The molecule has 200 valence electrons. The van der Waals surface area contributed by atoms with Crippen molar-refractivity contribution in [1.82, 2.24) is 9.62 Å². The number of rotatable bonds is 9. The van der Waals surface area contributed by atoms with Crippen molar-refractivity contribution in [3.63, 3.8) is 0 Å². The van der Waals surface area contributed by atoms with Gasteiger partial charge in [0, 0.05) is 29.2 Å². The highest BCUT2D eigenvalue weighted by Crippen LogP contribution is 2.35. The highest BCUT2D eigenvalue weighted by Gasteiger charge is 2.35. The largest absolute Gasteiger partial charge is 0.494 e. The molecule has 0 spiro atoms. The van der Waals surface area contributed by atoms with E-state index in [4.69, 9.17) is 25.4 Å². The second kappa shape index (κ2) is 11.0. The molecule has 1 atom stereocenters. The Balaban J connectivity index is 1.30. The number of nitrogens with zero attached hydrogens (tertiary/aromatic N) is 2. The lowest BCUT2D eigenvalue weighted by atomic mass is 10.1. The van der Waals surface area contributed by atoms with E-state index in [-0.39, 0.29) is 33.5 Å². The van der Waals surface area contributed by atoms with Crippen LogP contribution in [0.4, 0.5) is 10.5 Å². The second-order valence-corrected chi connectivity index (χ2v) is 11.5. The second-order valence-electron chi connectivity index (χ2n) is 8.73. The minimum absolute atomic E-state index is 0.0228. The number of anilines is 1. The first-order valence-electron chi connectivity index (χ1n) is 11.5. The molecule has 14 heteroatoms. The summed E-state index contributed by atoms with van der Waals surface area (Å²) in [6.07, 6.45) is 0.404. The number of amides is 1. The molecular formula is C23H29N5O7S2. The molecule has 2 aliphatic heterocycles. The Morgan fingerprint density at radius 1 is 1.24 bits per heavy atom. The van der Waals surface area contributed by atoms with Crippen molar-refractivity contribution in [3.05, 3.63) is 40.8 Å². The number of nitrogen functional groups attached to an aromatic ring is 1. The van der Waals surface area contributed by atoms with E-state index in [1.807, 2.05) is 0 Å². The molecule has 1 unspecified atom stereocenters. The summed E-state index contributed by atoms with van der Waals surface area (Å²) >= 11 is 0.906. The third-order valence-electron chi connectivity index (χ3n) is 6.30. The van der Waals surface area contributed by atoms with E-state index in [2.05, 4.69) is 9.62 Å². The Labute approximate surface area is 218 Å². The van der Waals surface area contributed by atoms with Crippen LogP contribution in [-0.4, -0.2) is 83.8 Å². The fourth-order valence-corrected chi connectivity index (χ4v) is 7.14. The number of nitrogens with one attached hydrogen (secondary N) is 2. The number of ether oxygens (including phenoxy) is 3. The molecule has 0 bridgehead atoms. The zero-order chi connectivity index (χ0) is 26.7. The SMILES string of the molecule is COC(=O)c1csc(S(=O)(=O)NC2CCN(CC3CN(c4ccc(C(=N)N)cc4)C(=O)O3)CC2)c1OC. The van der Waals surface area contributed by atoms with E-state index in [0.29, 0.717) is 50.3 Å². The first-order chi connectivity index (χ1) is 17.6. The van der Waals surface area contributed by atoms with Crippen LogP contribution < -0.4 is 20.1 Å². The minimum Gasteiger partial charge on any atom is -0.494 e.